The summed E-state index contributed by atoms with van der Waals surface area (Å²) in [6, 6.07) is 11.0. The molecule has 2 nitrogen and oxygen atoms in total. The van der Waals surface area contributed by atoms with Crippen molar-refractivity contribution < 1.29 is 4.39 Å². The van der Waals surface area contributed by atoms with Crippen molar-refractivity contribution in [2.45, 2.75) is 20.4 Å². The van der Waals surface area contributed by atoms with E-state index in [2.05, 4.69) is 16.4 Å². The second-order valence-electron chi connectivity index (χ2n) is 4.84. The van der Waals surface area contributed by atoms with Gasteiger partial charge in [-0.3, -0.25) is 0 Å². The number of aryl methyl sites for hydroxylation is 2. The molecular weight excluding hydrogens is 271 g/mol. The van der Waals surface area contributed by atoms with Gasteiger partial charge in [0.2, 0.25) is 0 Å². The van der Waals surface area contributed by atoms with Crippen LogP contribution in [-0.2, 0) is 6.54 Å². The summed E-state index contributed by atoms with van der Waals surface area (Å²) >= 11 is 1.68. The molecule has 4 heteroatoms. The van der Waals surface area contributed by atoms with Crippen LogP contribution in [0, 0.1) is 19.7 Å². The van der Waals surface area contributed by atoms with E-state index in [4.69, 9.17) is 0 Å². The lowest BCUT2D eigenvalue weighted by molar-refractivity contribution is 0.625. The maximum Gasteiger partial charge on any atom is 0.123 e. The van der Waals surface area contributed by atoms with Crippen LogP contribution in [0.15, 0.2) is 36.4 Å². The molecule has 0 bridgehead atoms. The molecule has 2 aromatic carbocycles. The number of benzene rings is 2. The lowest BCUT2D eigenvalue weighted by Gasteiger charge is -2.09. The monoisotopic (exact) mass is 286 g/mol. The van der Waals surface area contributed by atoms with Gasteiger partial charge in [0.15, 0.2) is 0 Å². The average Bonchev–Trinajstić information content (AvgIpc) is 2.79. The summed E-state index contributed by atoms with van der Waals surface area (Å²) < 4.78 is 14.4. The second-order valence-corrected chi connectivity index (χ2v) is 6.07. The standard InChI is InChI=1S/C16H15FN2S/c1-10-3-4-13(17)7-12(10)9-18-14-5-6-15-16(8-14)20-11(2)19-15/h3-8,18H,9H2,1-2H3. The van der Waals surface area contributed by atoms with E-state index in [0.29, 0.717) is 6.54 Å². The van der Waals surface area contributed by atoms with Crippen LogP contribution in [0.5, 0.6) is 0 Å². The van der Waals surface area contributed by atoms with Crippen molar-refractivity contribution in [3.05, 3.63) is 58.3 Å². The number of nitrogens with one attached hydrogen (secondary N) is 1. The van der Waals surface area contributed by atoms with Crippen LogP contribution in [0.2, 0.25) is 0 Å². The van der Waals surface area contributed by atoms with Crippen LogP contribution in [0.3, 0.4) is 0 Å². The van der Waals surface area contributed by atoms with E-state index in [0.717, 1.165) is 27.3 Å². The van der Waals surface area contributed by atoms with Crippen molar-refractivity contribution in [3.63, 3.8) is 0 Å². The Morgan fingerprint density at radius 1 is 1.15 bits per heavy atom. The third kappa shape index (κ3) is 2.65. The number of thiazole rings is 1. The van der Waals surface area contributed by atoms with Crippen molar-refractivity contribution in [1.82, 2.24) is 4.98 Å². The van der Waals surface area contributed by atoms with Gasteiger partial charge in [0.05, 0.1) is 15.2 Å². The zero-order valence-corrected chi connectivity index (χ0v) is 12.2. The van der Waals surface area contributed by atoms with Crippen LogP contribution in [0.25, 0.3) is 10.2 Å². The first-order valence-corrected chi connectivity index (χ1v) is 7.29. The van der Waals surface area contributed by atoms with Crippen molar-refractivity contribution in [1.29, 1.82) is 0 Å². The van der Waals surface area contributed by atoms with Crippen LogP contribution in [0.1, 0.15) is 16.1 Å². The zero-order chi connectivity index (χ0) is 14.1. The number of halogens is 1. The average molecular weight is 286 g/mol. The molecule has 3 aromatic rings. The number of hydrogen-bond donors (Lipinski definition) is 1. The van der Waals surface area contributed by atoms with Gasteiger partial charge in [0.1, 0.15) is 5.82 Å². The SMILES string of the molecule is Cc1nc2ccc(NCc3cc(F)ccc3C)cc2s1. The van der Waals surface area contributed by atoms with E-state index in [1.807, 2.05) is 32.0 Å². The fraction of sp³-hybridized carbons (Fsp3) is 0.188. The summed E-state index contributed by atoms with van der Waals surface area (Å²) in [5.41, 5.74) is 4.13. The maximum atomic E-state index is 13.2. The third-order valence-corrected chi connectivity index (χ3v) is 4.22. The van der Waals surface area contributed by atoms with E-state index in [1.165, 1.54) is 10.8 Å². The summed E-state index contributed by atoms with van der Waals surface area (Å²) in [4.78, 5) is 4.44. The summed E-state index contributed by atoms with van der Waals surface area (Å²) in [7, 11) is 0. The summed E-state index contributed by atoms with van der Waals surface area (Å²) in [5.74, 6) is -0.194. The van der Waals surface area contributed by atoms with Gasteiger partial charge in [-0.2, -0.15) is 0 Å². The highest BCUT2D eigenvalue weighted by molar-refractivity contribution is 7.18. The van der Waals surface area contributed by atoms with E-state index in [-0.39, 0.29) is 5.82 Å². The number of fused-ring (bicyclic) bond motifs is 1. The molecule has 0 aliphatic heterocycles. The Hall–Kier alpha value is -1.94. The largest absolute Gasteiger partial charge is 0.381 e. The third-order valence-electron chi connectivity index (χ3n) is 3.29. The van der Waals surface area contributed by atoms with Crippen molar-refractivity contribution in [3.8, 4) is 0 Å². The molecule has 0 unspecified atom stereocenters. The molecule has 0 aliphatic rings. The molecule has 0 atom stereocenters. The van der Waals surface area contributed by atoms with Crippen molar-refractivity contribution in [2.24, 2.45) is 0 Å². The lowest BCUT2D eigenvalue weighted by Crippen LogP contribution is -2.01. The van der Waals surface area contributed by atoms with Crippen LogP contribution < -0.4 is 5.32 Å². The Morgan fingerprint density at radius 2 is 2.00 bits per heavy atom. The van der Waals surface area contributed by atoms with Crippen molar-refractivity contribution in [2.75, 3.05) is 5.32 Å². The molecule has 1 N–H and O–H groups in total. The molecule has 0 aliphatic carbocycles. The van der Waals surface area contributed by atoms with Gasteiger partial charge in [0.25, 0.3) is 0 Å². The first kappa shape index (κ1) is 13.1. The van der Waals surface area contributed by atoms with Crippen molar-refractivity contribution >= 4 is 27.2 Å². The van der Waals surface area contributed by atoms with Gasteiger partial charge < -0.3 is 5.32 Å². The van der Waals surface area contributed by atoms with E-state index >= 15 is 0 Å². The van der Waals surface area contributed by atoms with Crippen LogP contribution >= 0.6 is 11.3 Å². The predicted molar refractivity (Wildman–Crippen MR) is 82.8 cm³/mol. The Balaban J connectivity index is 1.80. The smallest absolute Gasteiger partial charge is 0.123 e. The normalized spacial score (nSPS) is 10.9. The number of nitrogens with zero attached hydrogens (tertiary/aromatic N) is 1. The minimum Gasteiger partial charge on any atom is -0.381 e. The quantitative estimate of drug-likeness (QED) is 0.757. The molecule has 0 radical (unpaired) electrons. The van der Waals surface area contributed by atoms with Gasteiger partial charge in [-0.15, -0.1) is 11.3 Å². The fourth-order valence-corrected chi connectivity index (χ4v) is 3.04. The van der Waals surface area contributed by atoms with Gasteiger partial charge in [-0.25, -0.2) is 9.37 Å². The molecule has 0 fully saturated rings. The molecule has 0 saturated heterocycles. The first-order chi connectivity index (χ1) is 9.61. The highest BCUT2D eigenvalue weighted by atomic mass is 32.1. The number of hydrogen-bond acceptors (Lipinski definition) is 3. The summed E-state index contributed by atoms with van der Waals surface area (Å²) in [6.07, 6.45) is 0. The molecule has 20 heavy (non-hydrogen) atoms. The summed E-state index contributed by atoms with van der Waals surface area (Å²) in [6.45, 7) is 4.62. The molecule has 0 amide bonds. The summed E-state index contributed by atoms with van der Waals surface area (Å²) in [5, 5.41) is 4.41. The Kier molecular flexibility index (Phi) is 3.40. The topological polar surface area (TPSA) is 24.9 Å². The molecule has 1 heterocycles. The Labute approximate surface area is 121 Å². The van der Waals surface area contributed by atoms with Gasteiger partial charge in [-0.1, -0.05) is 6.07 Å². The molecule has 0 saturated carbocycles. The van der Waals surface area contributed by atoms with Crippen LogP contribution in [0.4, 0.5) is 10.1 Å². The highest BCUT2D eigenvalue weighted by Crippen LogP contribution is 2.25. The Bertz CT molecular complexity index is 764. The van der Waals surface area contributed by atoms with E-state index in [9.17, 15) is 4.39 Å². The van der Waals surface area contributed by atoms with Gasteiger partial charge >= 0.3 is 0 Å². The minimum absolute atomic E-state index is 0.194. The minimum atomic E-state index is -0.194. The van der Waals surface area contributed by atoms with Crippen LogP contribution in [-0.4, -0.2) is 4.98 Å². The van der Waals surface area contributed by atoms with E-state index < -0.39 is 0 Å². The predicted octanol–water partition coefficient (Wildman–Crippen LogP) is 4.66. The number of aromatic nitrogens is 1. The molecule has 0 spiro atoms. The molecule has 102 valence electrons. The molecule has 3 rings (SSSR count). The fourth-order valence-electron chi connectivity index (χ4n) is 2.18. The Morgan fingerprint density at radius 3 is 2.85 bits per heavy atom. The second kappa shape index (κ2) is 5.21. The zero-order valence-electron chi connectivity index (χ0n) is 11.4. The molecular formula is C16H15FN2S. The maximum absolute atomic E-state index is 13.2. The van der Waals surface area contributed by atoms with Gasteiger partial charge in [-0.05, 0) is 55.3 Å². The highest BCUT2D eigenvalue weighted by Gasteiger charge is 2.03. The van der Waals surface area contributed by atoms with E-state index in [1.54, 1.807) is 17.4 Å². The first-order valence-electron chi connectivity index (χ1n) is 6.48. The van der Waals surface area contributed by atoms with Gasteiger partial charge in [0, 0.05) is 12.2 Å². The molecule has 1 aromatic heterocycles. The lowest BCUT2D eigenvalue weighted by atomic mass is 10.1. The number of rotatable bonds is 3. The number of anilines is 1.